The summed E-state index contributed by atoms with van der Waals surface area (Å²) in [7, 11) is 0. The number of hydrogen-bond donors (Lipinski definition) is 2. The van der Waals surface area contributed by atoms with Gasteiger partial charge in [0.2, 0.25) is 0 Å². The molecule has 7 heteroatoms. The van der Waals surface area contributed by atoms with E-state index in [2.05, 4.69) is 22.3 Å². The first-order chi connectivity index (χ1) is 10.6. The molecule has 124 valence electrons. The van der Waals surface area contributed by atoms with Crippen molar-refractivity contribution in [2.24, 2.45) is 0 Å². The molecule has 0 bridgehead atoms. The molecule has 1 aliphatic heterocycles. The Balaban J connectivity index is 1.91. The van der Waals surface area contributed by atoms with Crippen LogP contribution in [0.15, 0.2) is 4.52 Å². The van der Waals surface area contributed by atoms with Gasteiger partial charge in [-0.3, -0.25) is 4.90 Å². The van der Waals surface area contributed by atoms with Crippen LogP contribution in [0.4, 0.5) is 10.5 Å². The molecule has 1 fully saturated rings. The topological polar surface area (TPSA) is 81.8 Å². The SMILES string of the molecule is CCc1onc(C)c1NC(=O)N1CCN(C(CC)CO)CC1. The second-order valence-corrected chi connectivity index (χ2v) is 5.62. The summed E-state index contributed by atoms with van der Waals surface area (Å²) < 4.78 is 5.19. The molecule has 0 saturated carbocycles. The molecular weight excluding hydrogens is 284 g/mol. The number of hydrogen-bond acceptors (Lipinski definition) is 5. The first-order valence-corrected chi connectivity index (χ1v) is 7.96. The second-order valence-electron chi connectivity index (χ2n) is 5.62. The highest BCUT2D eigenvalue weighted by Gasteiger charge is 2.26. The smallest absolute Gasteiger partial charge is 0.322 e. The minimum Gasteiger partial charge on any atom is -0.395 e. The number of anilines is 1. The van der Waals surface area contributed by atoms with Gasteiger partial charge in [-0.15, -0.1) is 0 Å². The monoisotopic (exact) mass is 310 g/mol. The molecule has 1 atom stereocenters. The van der Waals surface area contributed by atoms with Gasteiger partial charge in [0.1, 0.15) is 11.4 Å². The molecule has 1 saturated heterocycles. The Morgan fingerprint density at radius 2 is 2.05 bits per heavy atom. The quantitative estimate of drug-likeness (QED) is 0.860. The third-order valence-electron chi connectivity index (χ3n) is 4.29. The average molecular weight is 310 g/mol. The molecule has 1 unspecified atom stereocenters. The van der Waals surface area contributed by atoms with Crippen LogP contribution < -0.4 is 5.32 Å². The number of urea groups is 1. The van der Waals surface area contributed by atoms with Crippen LogP contribution in [-0.2, 0) is 6.42 Å². The van der Waals surface area contributed by atoms with Gasteiger partial charge in [0.05, 0.1) is 6.61 Å². The van der Waals surface area contributed by atoms with E-state index in [1.165, 1.54) is 0 Å². The van der Waals surface area contributed by atoms with Gasteiger partial charge in [0, 0.05) is 38.6 Å². The molecule has 1 aliphatic rings. The molecule has 2 rings (SSSR count). The normalized spacial score (nSPS) is 17.5. The lowest BCUT2D eigenvalue weighted by molar-refractivity contribution is 0.0766. The number of amides is 2. The number of piperazine rings is 1. The van der Waals surface area contributed by atoms with Crippen molar-refractivity contribution in [2.75, 3.05) is 38.1 Å². The van der Waals surface area contributed by atoms with Gasteiger partial charge in [-0.2, -0.15) is 0 Å². The Morgan fingerprint density at radius 1 is 1.36 bits per heavy atom. The fraction of sp³-hybridized carbons (Fsp3) is 0.733. The van der Waals surface area contributed by atoms with E-state index in [-0.39, 0.29) is 18.7 Å². The van der Waals surface area contributed by atoms with Crippen molar-refractivity contribution < 1.29 is 14.4 Å². The van der Waals surface area contributed by atoms with Gasteiger partial charge in [0.15, 0.2) is 5.76 Å². The largest absolute Gasteiger partial charge is 0.395 e. The van der Waals surface area contributed by atoms with Crippen molar-refractivity contribution in [2.45, 2.75) is 39.7 Å². The number of carbonyl (C=O) groups excluding carboxylic acids is 1. The minimum atomic E-state index is -0.113. The number of aliphatic hydroxyl groups excluding tert-OH is 1. The van der Waals surface area contributed by atoms with Crippen LogP contribution in [0.25, 0.3) is 0 Å². The maximum Gasteiger partial charge on any atom is 0.322 e. The predicted molar refractivity (Wildman–Crippen MR) is 83.9 cm³/mol. The van der Waals surface area contributed by atoms with E-state index in [9.17, 15) is 9.90 Å². The third kappa shape index (κ3) is 3.59. The number of carbonyl (C=O) groups is 1. The van der Waals surface area contributed by atoms with Crippen molar-refractivity contribution in [3.8, 4) is 0 Å². The lowest BCUT2D eigenvalue weighted by Crippen LogP contribution is -2.53. The van der Waals surface area contributed by atoms with Crippen LogP contribution in [0, 0.1) is 6.92 Å². The van der Waals surface area contributed by atoms with E-state index in [1.54, 1.807) is 4.90 Å². The summed E-state index contributed by atoms with van der Waals surface area (Å²) in [5.41, 5.74) is 1.40. The molecule has 0 spiro atoms. The lowest BCUT2D eigenvalue weighted by atomic mass is 10.2. The summed E-state index contributed by atoms with van der Waals surface area (Å²) >= 11 is 0. The van der Waals surface area contributed by atoms with Crippen molar-refractivity contribution in [1.82, 2.24) is 15.0 Å². The van der Waals surface area contributed by atoms with Crippen LogP contribution in [0.5, 0.6) is 0 Å². The van der Waals surface area contributed by atoms with Crippen LogP contribution >= 0.6 is 0 Å². The van der Waals surface area contributed by atoms with Crippen molar-refractivity contribution in [1.29, 1.82) is 0 Å². The zero-order chi connectivity index (χ0) is 16.1. The zero-order valence-corrected chi connectivity index (χ0v) is 13.6. The second kappa shape index (κ2) is 7.60. The number of nitrogens with one attached hydrogen (secondary N) is 1. The Morgan fingerprint density at radius 3 is 2.59 bits per heavy atom. The molecule has 1 aromatic rings. The Labute approximate surface area is 131 Å². The first-order valence-electron chi connectivity index (χ1n) is 7.96. The van der Waals surface area contributed by atoms with E-state index in [0.717, 1.165) is 19.5 Å². The summed E-state index contributed by atoms with van der Waals surface area (Å²) in [6.45, 7) is 8.93. The fourth-order valence-electron chi connectivity index (χ4n) is 2.80. The average Bonchev–Trinajstić information content (AvgIpc) is 2.89. The summed E-state index contributed by atoms with van der Waals surface area (Å²) in [5, 5.41) is 16.2. The van der Waals surface area contributed by atoms with Gasteiger partial charge in [-0.05, 0) is 13.3 Å². The summed E-state index contributed by atoms with van der Waals surface area (Å²) in [5.74, 6) is 0.704. The highest BCUT2D eigenvalue weighted by Crippen LogP contribution is 2.21. The molecule has 22 heavy (non-hydrogen) atoms. The van der Waals surface area contributed by atoms with E-state index in [4.69, 9.17) is 4.52 Å². The van der Waals surface area contributed by atoms with Crippen molar-refractivity contribution in [3.05, 3.63) is 11.5 Å². The zero-order valence-electron chi connectivity index (χ0n) is 13.6. The van der Waals surface area contributed by atoms with Crippen LogP contribution in [0.2, 0.25) is 0 Å². The maximum absolute atomic E-state index is 12.4. The number of aromatic nitrogens is 1. The Kier molecular flexibility index (Phi) is 5.79. The minimum absolute atomic E-state index is 0.113. The molecule has 0 radical (unpaired) electrons. The molecular formula is C15H26N4O3. The van der Waals surface area contributed by atoms with Gasteiger partial charge < -0.3 is 19.8 Å². The van der Waals surface area contributed by atoms with Crippen LogP contribution in [-0.4, -0.2) is 64.9 Å². The Hall–Kier alpha value is -1.60. The molecule has 2 N–H and O–H groups in total. The van der Waals surface area contributed by atoms with Gasteiger partial charge in [-0.25, -0.2) is 4.79 Å². The molecule has 0 aromatic carbocycles. The highest BCUT2D eigenvalue weighted by atomic mass is 16.5. The van der Waals surface area contributed by atoms with E-state index in [0.29, 0.717) is 36.7 Å². The molecule has 2 heterocycles. The van der Waals surface area contributed by atoms with E-state index >= 15 is 0 Å². The summed E-state index contributed by atoms with van der Waals surface area (Å²) in [6, 6.07) is 0.0786. The first kappa shape index (κ1) is 16.8. The molecule has 0 aliphatic carbocycles. The van der Waals surface area contributed by atoms with Gasteiger partial charge in [-0.1, -0.05) is 19.0 Å². The van der Waals surface area contributed by atoms with Crippen molar-refractivity contribution in [3.63, 3.8) is 0 Å². The molecule has 2 amide bonds. The maximum atomic E-state index is 12.4. The van der Waals surface area contributed by atoms with Crippen LogP contribution in [0.3, 0.4) is 0 Å². The number of rotatable bonds is 5. The summed E-state index contributed by atoms with van der Waals surface area (Å²) in [6.07, 6.45) is 1.61. The standard InChI is InChI=1S/C15H26N4O3/c1-4-12(10-20)18-6-8-19(9-7-18)15(21)16-14-11(3)17-22-13(14)5-2/h12,20H,4-10H2,1-3H3,(H,16,21). The summed E-state index contributed by atoms with van der Waals surface area (Å²) in [4.78, 5) is 16.4. The predicted octanol–water partition coefficient (Wildman–Crippen LogP) is 1.47. The lowest BCUT2D eigenvalue weighted by Gasteiger charge is -2.38. The van der Waals surface area contributed by atoms with Crippen molar-refractivity contribution >= 4 is 11.7 Å². The number of nitrogens with zero attached hydrogens (tertiary/aromatic N) is 3. The molecule has 7 nitrogen and oxygen atoms in total. The van der Waals surface area contributed by atoms with E-state index in [1.807, 2.05) is 13.8 Å². The van der Waals surface area contributed by atoms with Gasteiger partial charge in [0.25, 0.3) is 0 Å². The Bertz CT molecular complexity index is 491. The fourth-order valence-corrected chi connectivity index (χ4v) is 2.80. The number of aryl methyl sites for hydroxylation is 2. The van der Waals surface area contributed by atoms with Gasteiger partial charge >= 0.3 is 6.03 Å². The third-order valence-corrected chi connectivity index (χ3v) is 4.29. The highest BCUT2D eigenvalue weighted by molar-refractivity contribution is 5.90. The number of aliphatic hydroxyl groups is 1. The van der Waals surface area contributed by atoms with E-state index < -0.39 is 0 Å². The molecule has 1 aromatic heterocycles. The van der Waals surface area contributed by atoms with Crippen LogP contribution in [0.1, 0.15) is 31.7 Å².